The number of carbonyl (C=O) groups excluding carboxylic acids is 1. The Morgan fingerprint density at radius 3 is 2.65 bits per heavy atom. The van der Waals surface area contributed by atoms with Crippen LogP contribution in [0.2, 0.25) is 0 Å². The second-order valence-corrected chi connectivity index (χ2v) is 5.16. The van der Waals surface area contributed by atoms with Crippen LogP contribution in [0.4, 0.5) is 10.1 Å². The van der Waals surface area contributed by atoms with Crippen LogP contribution in [0.5, 0.6) is 0 Å². The summed E-state index contributed by atoms with van der Waals surface area (Å²) in [4.78, 5) is 13.5. The van der Waals surface area contributed by atoms with Crippen LogP contribution in [0.3, 0.4) is 0 Å². The van der Waals surface area contributed by atoms with E-state index in [9.17, 15) is 9.18 Å². The molecule has 0 saturated heterocycles. The third-order valence-corrected chi connectivity index (χ3v) is 3.11. The van der Waals surface area contributed by atoms with E-state index >= 15 is 0 Å². The van der Waals surface area contributed by atoms with Gasteiger partial charge in [0.1, 0.15) is 5.82 Å². The lowest BCUT2D eigenvalue weighted by Gasteiger charge is -2.20. The Bertz CT molecular complexity index is 446. The number of rotatable bonds is 8. The summed E-state index contributed by atoms with van der Waals surface area (Å²) in [7, 11) is 0. The minimum absolute atomic E-state index is 0.0187. The fraction of sp³-hybridized carbons (Fsp3) is 0.462. The van der Waals surface area contributed by atoms with Crippen LogP contribution < -0.4 is 5.32 Å². The van der Waals surface area contributed by atoms with E-state index in [0.717, 1.165) is 0 Å². The predicted molar refractivity (Wildman–Crippen MR) is 78.0 cm³/mol. The van der Waals surface area contributed by atoms with Crippen LogP contribution in [-0.2, 0) is 4.79 Å². The standard InChI is InChI=1S/C13H18BrFN2O3/c14-10-2-3-12(11(15)8-10)16-13(20)9-17(5-7-19)4-1-6-18/h2-3,8,18-19H,1,4-7,9H2,(H,16,20). The third kappa shape index (κ3) is 5.96. The first-order valence-electron chi connectivity index (χ1n) is 6.25. The molecule has 0 heterocycles. The zero-order valence-corrected chi connectivity index (χ0v) is 12.6. The van der Waals surface area contributed by atoms with Gasteiger partial charge in [-0.1, -0.05) is 15.9 Å². The first-order valence-corrected chi connectivity index (χ1v) is 7.05. The maximum Gasteiger partial charge on any atom is 0.238 e. The molecule has 1 aromatic carbocycles. The van der Waals surface area contributed by atoms with Crippen LogP contribution in [0, 0.1) is 5.82 Å². The van der Waals surface area contributed by atoms with Crippen molar-refractivity contribution < 1.29 is 19.4 Å². The molecule has 0 aliphatic rings. The van der Waals surface area contributed by atoms with Crippen LogP contribution in [0.15, 0.2) is 22.7 Å². The van der Waals surface area contributed by atoms with Crippen LogP contribution >= 0.6 is 15.9 Å². The second-order valence-electron chi connectivity index (χ2n) is 4.25. The number of nitrogens with one attached hydrogen (secondary N) is 1. The summed E-state index contributed by atoms with van der Waals surface area (Å²) < 4.78 is 14.2. The molecule has 0 atom stereocenters. The van der Waals surface area contributed by atoms with Gasteiger partial charge >= 0.3 is 0 Å². The molecule has 0 unspecified atom stereocenters. The SMILES string of the molecule is O=C(CN(CCO)CCCO)Nc1ccc(Br)cc1F. The van der Waals surface area contributed by atoms with Crippen LogP contribution in [-0.4, -0.2) is 53.9 Å². The number of amides is 1. The first kappa shape index (κ1) is 17.0. The number of nitrogens with zero attached hydrogens (tertiary/aromatic N) is 1. The fourth-order valence-corrected chi connectivity index (χ4v) is 2.02. The highest BCUT2D eigenvalue weighted by Gasteiger charge is 2.12. The molecule has 1 aromatic rings. The maximum absolute atomic E-state index is 13.6. The van der Waals surface area contributed by atoms with Gasteiger partial charge in [-0.3, -0.25) is 9.69 Å². The molecule has 7 heteroatoms. The van der Waals surface area contributed by atoms with Gasteiger partial charge in [0.15, 0.2) is 0 Å². The molecule has 0 fully saturated rings. The quantitative estimate of drug-likeness (QED) is 0.660. The number of hydrogen-bond donors (Lipinski definition) is 3. The van der Waals surface area contributed by atoms with Crippen molar-refractivity contribution in [2.45, 2.75) is 6.42 Å². The van der Waals surface area contributed by atoms with Crippen molar-refractivity contribution >= 4 is 27.5 Å². The second kappa shape index (κ2) is 9.02. The number of hydrogen-bond acceptors (Lipinski definition) is 4. The summed E-state index contributed by atoms with van der Waals surface area (Å²) >= 11 is 3.14. The number of benzene rings is 1. The summed E-state index contributed by atoms with van der Waals surface area (Å²) in [5, 5.41) is 20.2. The smallest absolute Gasteiger partial charge is 0.238 e. The molecule has 20 heavy (non-hydrogen) atoms. The van der Waals surface area contributed by atoms with E-state index in [1.54, 1.807) is 11.0 Å². The molecule has 0 aromatic heterocycles. The molecule has 0 aliphatic heterocycles. The van der Waals surface area contributed by atoms with E-state index in [1.807, 2.05) is 0 Å². The van der Waals surface area contributed by atoms with E-state index in [0.29, 0.717) is 24.0 Å². The molecule has 0 radical (unpaired) electrons. The monoisotopic (exact) mass is 348 g/mol. The Balaban J connectivity index is 2.55. The van der Waals surface area contributed by atoms with Gasteiger partial charge in [0.05, 0.1) is 18.8 Å². The third-order valence-electron chi connectivity index (χ3n) is 2.62. The number of halogens is 2. The zero-order valence-electron chi connectivity index (χ0n) is 11.0. The lowest BCUT2D eigenvalue weighted by molar-refractivity contribution is -0.117. The minimum atomic E-state index is -0.517. The molecule has 0 spiro atoms. The molecule has 112 valence electrons. The highest BCUT2D eigenvalue weighted by atomic mass is 79.9. The van der Waals surface area contributed by atoms with Gasteiger partial charge in [0.25, 0.3) is 0 Å². The number of aliphatic hydroxyl groups excluding tert-OH is 2. The predicted octanol–water partition coefficient (Wildman–Crippen LogP) is 1.20. The molecule has 1 rings (SSSR count). The molecular formula is C13H18BrFN2O3. The molecule has 5 nitrogen and oxygen atoms in total. The molecule has 0 saturated carbocycles. The van der Waals surface area contributed by atoms with Gasteiger partial charge in [-0.25, -0.2) is 4.39 Å². The van der Waals surface area contributed by atoms with E-state index < -0.39 is 5.82 Å². The normalized spacial score (nSPS) is 10.8. The van der Waals surface area contributed by atoms with Crippen molar-refractivity contribution in [3.63, 3.8) is 0 Å². The Labute approximate surface area is 125 Å². The summed E-state index contributed by atoms with van der Waals surface area (Å²) in [6, 6.07) is 4.38. The Kier molecular flexibility index (Phi) is 7.68. The van der Waals surface area contributed by atoms with Crippen molar-refractivity contribution in [2.24, 2.45) is 0 Å². The zero-order chi connectivity index (χ0) is 15.0. The number of anilines is 1. The molecular weight excluding hydrogens is 331 g/mol. The summed E-state index contributed by atoms with van der Waals surface area (Å²) in [5.41, 5.74) is 0.115. The van der Waals surface area contributed by atoms with Gasteiger partial charge < -0.3 is 15.5 Å². The molecule has 1 amide bonds. The van der Waals surface area contributed by atoms with E-state index in [1.165, 1.54) is 12.1 Å². The molecule has 3 N–H and O–H groups in total. The highest BCUT2D eigenvalue weighted by Crippen LogP contribution is 2.19. The van der Waals surface area contributed by atoms with Crippen molar-refractivity contribution in [3.05, 3.63) is 28.5 Å². The minimum Gasteiger partial charge on any atom is -0.396 e. The average molecular weight is 349 g/mol. The summed E-state index contributed by atoms with van der Waals surface area (Å²) in [6.45, 7) is 0.801. The van der Waals surface area contributed by atoms with Crippen molar-refractivity contribution in [1.29, 1.82) is 0 Å². The molecule has 0 bridgehead atoms. The first-order chi connectivity index (χ1) is 9.56. The Hall–Kier alpha value is -1.02. The average Bonchev–Trinajstić information content (AvgIpc) is 2.39. The number of aliphatic hydroxyl groups is 2. The van der Waals surface area contributed by atoms with Crippen molar-refractivity contribution in [1.82, 2.24) is 4.90 Å². The Morgan fingerprint density at radius 1 is 1.30 bits per heavy atom. The summed E-state index contributed by atoms with van der Waals surface area (Å²) in [6.07, 6.45) is 0.514. The van der Waals surface area contributed by atoms with E-state index in [4.69, 9.17) is 10.2 Å². The van der Waals surface area contributed by atoms with Crippen molar-refractivity contribution in [3.8, 4) is 0 Å². The topological polar surface area (TPSA) is 72.8 Å². The highest BCUT2D eigenvalue weighted by molar-refractivity contribution is 9.10. The van der Waals surface area contributed by atoms with Crippen molar-refractivity contribution in [2.75, 3.05) is 38.2 Å². The number of carbonyl (C=O) groups is 1. The van der Waals surface area contributed by atoms with Gasteiger partial charge in [-0.05, 0) is 24.6 Å². The van der Waals surface area contributed by atoms with E-state index in [-0.39, 0.29) is 31.4 Å². The van der Waals surface area contributed by atoms with Crippen LogP contribution in [0.25, 0.3) is 0 Å². The van der Waals surface area contributed by atoms with Gasteiger partial charge in [0, 0.05) is 24.2 Å². The molecule has 0 aliphatic carbocycles. The lowest BCUT2D eigenvalue weighted by atomic mass is 10.3. The van der Waals surface area contributed by atoms with Gasteiger partial charge in [0.2, 0.25) is 5.91 Å². The lowest BCUT2D eigenvalue weighted by Crippen LogP contribution is -2.36. The fourth-order valence-electron chi connectivity index (χ4n) is 1.69. The summed E-state index contributed by atoms with van der Waals surface area (Å²) in [5.74, 6) is -0.880. The Morgan fingerprint density at radius 2 is 2.05 bits per heavy atom. The van der Waals surface area contributed by atoms with Gasteiger partial charge in [-0.15, -0.1) is 0 Å². The maximum atomic E-state index is 13.6. The largest absolute Gasteiger partial charge is 0.396 e. The van der Waals surface area contributed by atoms with E-state index in [2.05, 4.69) is 21.2 Å². The van der Waals surface area contributed by atoms with Gasteiger partial charge in [-0.2, -0.15) is 0 Å². The van der Waals surface area contributed by atoms with Crippen LogP contribution in [0.1, 0.15) is 6.42 Å².